The van der Waals surface area contributed by atoms with Gasteiger partial charge in [-0.3, -0.25) is 9.89 Å². The van der Waals surface area contributed by atoms with Gasteiger partial charge in [0.05, 0.1) is 0 Å². The highest BCUT2D eigenvalue weighted by molar-refractivity contribution is 5.90. The van der Waals surface area contributed by atoms with Crippen LogP contribution in [0.3, 0.4) is 0 Å². The number of carbonyl (C=O) groups excluding carboxylic acids is 1. The fraction of sp³-hybridized carbons (Fsp3) is 0.444. The van der Waals surface area contributed by atoms with E-state index in [-0.39, 0.29) is 11.7 Å². The molecule has 0 saturated carbocycles. The van der Waals surface area contributed by atoms with Gasteiger partial charge in [-0.2, -0.15) is 0 Å². The zero-order valence-corrected chi connectivity index (χ0v) is 8.22. The van der Waals surface area contributed by atoms with Crippen molar-refractivity contribution in [2.24, 2.45) is 0 Å². The molecule has 1 aromatic heterocycles. The van der Waals surface area contributed by atoms with Crippen LogP contribution in [-0.2, 0) is 0 Å². The molecule has 0 spiro atoms. The van der Waals surface area contributed by atoms with E-state index in [1.807, 2.05) is 0 Å². The summed E-state index contributed by atoms with van der Waals surface area (Å²) < 4.78 is 0. The predicted molar refractivity (Wildman–Crippen MR) is 51.5 cm³/mol. The Hall–Kier alpha value is -1.83. The number of amides is 1. The fourth-order valence-electron chi connectivity index (χ4n) is 0.887. The Bertz CT molecular complexity index is 372. The first-order chi connectivity index (χ1) is 6.74. The van der Waals surface area contributed by atoms with Crippen molar-refractivity contribution in [3.63, 3.8) is 0 Å². The van der Waals surface area contributed by atoms with Crippen molar-refractivity contribution in [1.82, 2.24) is 20.5 Å². The first kappa shape index (κ1) is 10.3. The quantitative estimate of drug-likeness (QED) is 0.533. The molecule has 0 aromatic carbocycles. The lowest BCUT2D eigenvalue weighted by atomic mass is 10.4. The van der Waals surface area contributed by atoms with E-state index in [4.69, 9.17) is 0 Å². The number of carbonyl (C=O) groups is 1. The zero-order chi connectivity index (χ0) is 10.4. The molecule has 0 bridgehead atoms. The highest BCUT2D eigenvalue weighted by Gasteiger charge is 2.08. The maximum Gasteiger partial charge on any atom is 0.290 e. The number of hydrogen-bond donors (Lipinski definition) is 2. The molecule has 74 valence electrons. The largest absolute Gasteiger partial charge is 0.348 e. The molecule has 1 heterocycles. The summed E-state index contributed by atoms with van der Waals surface area (Å²) in [5.41, 5.74) is 0. The number of hydrogen-bond acceptors (Lipinski definition) is 3. The van der Waals surface area contributed by atoms with Gasteiger partial charge in [-0.25, -0.2) is 4.98 Å². The van der Waals surface area contributed by atoms with Crippen LogP contribution in [0.1, 0.15) is 29.8 Å². The molecule has 0 aliphatic rings. The maximum absolute atomic E-state index is 11.3. The average molecular weight is 192 g/mol. The number of nitrogens with zero attached hydrogens (tertiary/aromatic N) is 2. The molecular formula is C9H12N4O. The normalized spacial score (nSPS) is 9.00. The summed E-state index contributed by atoms with van der Waals surface area (Å²) in [6.07, 6.45) is 0.644. The maximum atomic E-state index is 11.3. The van der Waals surface area contributed by atoms with Crippen molar-refractivity contribution in [1.29, 1.82) is 0 Å². The Morgan fingerprint density at radius 2 is 2.43 bits per heavy atom. The van der Waals surface area contributed by atoms with Crippen molar-refractivity contribution < 1.29 is 4.79 Å². The lowest BCUT2D eigenvalue weighted by Crippen LogP contribution is -2.25. The number of rotatable bonds is 3. The zero-order valence-electron chi connectivity index (χ0n) is 8.22. The first-order valence-corrected chi connectivity index (χ1v) is 4.31. The lowest BCUT2D eigenvalue weighted by molar-refractivity contribution is 0.0944. The SMILES string of the molecule is CC#CCCNC(=O)c1n[nH]c(C)n1. The minimum absolute atomic E-state index is 0.173. The topological polar surface area (TPSA) is 70.7 Å². The van der Waals surface area contributed by atoms with Crippen molar-refractivity contribution in [2.75, 3.05) is 6.54 Å². The van der Waals surface area contributed by atoms with Crippen LogP contribution < -0.4 is 5.32 Å². The fourth-order valence-corrected chi connectivity index (χ4v) is 0.887. The number of nitrogens with one attached hydrogen (secondary N) is 2. The highest BCUT2D eigenvalue weighted by Crippen LogP contribution is 1.89. The summed E-state index contributed by atoms with van der Waals surface area (Å²) >= 11 is 0. The second kappa shape index (κ2) is 5.02. The van der Waals surface area contributed by atoms with Gasteiger partial charge >= 0.3 is 0 Å². The summed E-state index contributed by atoms with van der Waals surface area (Å²) in [6, 6.07) is 0. The van der Waals surface area contributed by atoms with Gasteiger partial charge in [-0.1, -0.05) is 0 Å². The van der Waals surface area contributed by atoms with E-state index in [0.717, 1.165) is 0 Å². The van der Waals surface area contributed by atoms with Gasteiger partial charge in [0, 0.05) is 13.0 Å². The Kier molecular flexibility index (Phi) is 3.68. The first-order valence-electron chi connectivity index (χ1n) is 4.31. The molecule has 5 nitrogen and oxygen atoms in total. The van der Waals surface area contributed by atoms with Crippen LogP contribution in [0.25, 0.3) is 0 Å². The number of H-pyrrole nitrogens is 1. The van der Waals surface area contributed by atoms with Crippen LogP contribution in [0.5, 0.6) is 0 Å². The third kappa shape index (κ3) is 2.90. The van der Waals surface area contributed by atoms with Crippen molar-refractivity contribution in [2.45, 2.75) is 20.3 Å². The average Bonchev–Trinajstić information content (AvgIpc) is 2.59. The Balaban J connectivity index is 2.38. The highest BCUT2D eigenvalue weighted by atomic mass is 16.2. The van der Waals surface area contributed by atoms with Crippen LogP contribution in [0, 0.1) is 18.8 Å². The lowest BCUT2D eigenvalue weighted by Gasteiger charge is -1.96. The van der Waals surface area contributed by atoms with Crippen LogP contribution >= 0.6 is 0 Å². The van der Waals surface area contributed by atoms with Crippen LogP contribution in [-0.4, -0.2) is 27.6 Å². The van der Waals surface area contributed by atoms with Crippen molar-refractivity contribution >= 4 is 5.91 Å². The van der Waals surface area contributed by atoms with E-state index in [1.165, 1.54) is 0 Å². The van der Waals surface area contributed by atoms with Gasteiger partial charge in [0.2, 0.25) is 5.82 Å². The third-order valence-electron chi connectivity index (χ3n) is 1.51. The number of aromatic nitrogens is 3. The van der Waals surface area contributed by atoms with E-state index in [1.54, 1.807) is 13.8 Å². The molecule has 1 rings (SSSR count). The summed E-state index contributed by atoms with van der Waals surface area (Å²) in [4.78, 5) is 15.2. The van der Waals surface area contributed by atoms with E-state index in [2.05, 4.69) is 32.3 Å². The molecule has 0 saturated heterocycles. The predicted octanol–water partition coefficient (Wildman–Crippen LogP) is 0.256. The van der Waals surface area contributed by atoms with E-state index >= 15 is 0 Å². The molecule has 0 aliphatic heterocycles. The Morgan fingerprint density at radius 3 is 3.00 bits per heavy atom. The van der Waals surface area contributed by atoms with Crippen molar-refractivity contribution in [3.8, 4) is 11.8 Å². The molecular weight excluding hydrogens is 180 g/mol. The second-order valence-electron chi connectivity index (χ2n) is 2.68. The molecule has 1 aromatic rings. The van der Waals surface area contributed by atoms with Crippen LogP contribution in [0.15, 0.2) is 0 Å². The molecule has 0 fully saturated rings. The van der Waals surface area contributed by atoms with Gasteiger partial charge in [0.25, 0.3) is 5.91 Å². The molecule has 0 radical (unpaired) electrons. The molecule has 0 aliphatic carbocycles. The summed E-state index contributed by atoms with van der Waals surface area (Å²) in [5.74, 6) is 6.12. The molecule has 5 heteroatoms. The summed E-state index contributed by atoms with van der Waals surface area (Å²) in [6.45, 7) is 4.03. The van der Waals surface area contributed by atoms with Crippen LogP contribution in [0.2, 0.25) is 0 Å². The number of aromatic amines is 1. The van der Waals surface area contributed by atoms with Gasteiger partial charge < -0.3 is 5.32 Å². The minimum atomic E-state index is -0.271. The Morgan fingerprint density at radius 1 is 1.64 bits per heavy atom. The van der Waals surface area contributed by atoms with E-state index < -0.39 is 0 Å². The smallest absolute Gasteiger partial charge is 0.290 e. The monoisotopic (exact) mass is 192 g/mol. The third-order valence-corrected chi connectivity index (χ3v) is 1.51. The van der Waals surface area contributed by atoms with E-state index in [9.17, 15) is 4.79 Å². The molecule has 2 N–H and O–H groups in total. The van der Waals surface area contributed by atoms with Gasteiger partial charge in [0.15, 0.2) is 0 Å². The van der Waals surface area contributed by atoms with Crippen molar-refractivity contribution in [3.05, 3.63) is 11.6 Å². The molecule has 1 amide bonds. The van der Waals surface area contributed by atoms with E-state index in [0.29, 0.717) is 18.8 Å². The van der Waals surface area contributed by atoms with Gasteiger partial charge in [0.1, 0.15) is 5.82 Å². The molecule has 0 atom stereocenters. The summed E-state index contributed by atoms with van der Waals surface area (Å²) in [7, 11) is 0. The number of aryl methyl sites for hydroxylation is 1. The van der Waals surface area contributed by atoms with Gasteiger partial charge in [-0.05, 0) is 13.8 Å². The molecule has 0 unspecified atom stereocenters. The van der Waals surface area contributed by atoms with Gasteiger partial charge in [-0.15, -0.1) is 16.9 Å². The standard InChI is InChI=1S/C9H12N4O/c1-3-4-5-6-10-9(14)8-11-7(2)12-13-8/h5-6H2,1-2H3,(H,10,14)(H,11,12,13). The minimum Gasteiger partial charge on any atom is -0.348 e. The second-order valence-corrected chi connectivity index (χ2v) is 2.68. The summed E-state index contributed by atoms with van der Waals surface area (Å²) in [5, 5.41) is 8.99. The Labute approximate surface area is 82.3 Å². The van der Waals surface area contributed by atoms with Crippen LogP contribution in [0.4, 0.5) is 0 Å². The molecule has 14 heavy (non-hydrogen) atoms.